The van der Waals surface area contributed by atoms with Crippen molar-refractivity contribution in [2.75, 3.05) is 18.8 Å². The average molecular weight is 359 g/mol. The summed E-state index contributed by atoms with van der Waals surface area (Å²) in [6.07, 6.45) is -2.53. The van der Waals surface area contributed by atoms with Crippen molar-refractivity contribution in [1.29, 1.82) is 0 Å². The summed E-state index contributed by atoms with van der Waals surface area (Å²) in [5, 5.41) is 3.10. The van der Waals surface area contributed by atoms with Crippen LogP contribution in [0.3, 0.4) is 0 Å². The van der Waals surface area contributed by atoms with Crippen molar-refractivity contribution >= 4 is 34.3 Å². The molecule has 1 aromatic rings. The smallest absolute Gasteiger partial charge is 0.353 e. The van der Waals surface area contributed by atoms with Gasteiger partial charge in [-0.1, -0.05) is 36.0 Å². The summed E-state index contributed by atoms with van der Waals surface area (Å²) in [5.74, 6) is 0.784. The quantitative estimate of drug-likeness (QED) is 0.822. The third-order valence-corrected chi connectivity index (χ3v) is 5.12. The van der Waals surface area contributed by atoms with Gasteiger partial charge in [0, 0.05) is 12.3 Å². The summed E-state index contributed by atoms with van der Waals surface area (Å²) in [7, 11) is 0. The molecule has 0 atom stereocenters. The number of thiocarbonyl (C=S) groups is 1. The maximum Gasteiger partial charge on any atom is 0.405 e. The minimum absolute atomic E-state index is 0.0987. The molecule has 23 heavy (non-hydrogen) atoms. The minimum Gasteiger partial charge on any atom is -0.353 e. The van der Waals surface area contributed by atoms with Gasteiger partial charge in [0.1, 0.15) is 6.54 Å². The van der Waals surface area contributed by atoms with Crippen molar-refractivity contribution in [3.8, 4) is 0 Å². The van der Waals surface area contributed by atoms with Crippen molar-refractivity contribution in [3.05, 3.63) is 35.4 Å². The molecule has 124 valence electrons. The van der Waals surface area contributed by atoms with Gasteiger partial charge in [-0.2, -0.15) is 13.2 Å². The molecule has 1 aromatic carbocycles. The maximum atomic E-state index is 12.3. The Morgan fingerprint density at radius 2 is 1.96 bits per heavy atom. The lowest BCUT2D eigenvalue weighted by Gasteiger charge is -2.21. The van der Waals surface area contributed by atoms with Crippen LogP contribution in [0.25, 0.3) is 0 Å². The predicted octanol–water partition coefficient (Wildman–Crippen LogP) is 3.00. The van der Waals surface area contributed by atoms with Crippen LogP contribution >= 0.6 is 24.0 Å². The lowest BCUT2D eigenvalue weighted by molar-refractivity contribution is -0.122. The van der Waals surface area contributed by atoms with E-state index in [0.29, 0.717) is 6.54 Å². The van der Waals surface area contributed by atoms with E-state index in [9.17, 15) is 13.2 Å². The number of nitrogens with zero attached hydrogens (tertiary/aromatic N) is 2. The summed E-state index contributed by atoms with van der Waals surface area (Å²) < 4.78 is 36.9. The predicted molar refractivity (Wildman–Crippen MR) is 90.9 cm³/mol. The zero-order valence-corrected chi connectivity index (χ0v) is 13.9. The highest BCUT2D eigenvalue weighted by Crippen LogP contribution is 2.27. The fraction of sp³-hybridized carbons (Fsp3) is 0.467. The SMILES string of the molecule is FC(F)(F)CNC(=S)N1CCSC1=NC1Cc2ccccc2C1. The third-order valence-electron chi connectivity index (χ3n) is 3.78. The van der Waals surface area contributed by atoms with Gasteiger partial charge in [-0.15, -0.1) is 0 Å². The topological polar surface area (TPSA) is 27.6 Å². The van der Waals surface area contributed by atoms with Gasteiger partial charge in [0.05, 0.1) is 6.04 Å². The number of rotatable bonds is 2. The van der Waals surface area contributed by atoms with Crippen molar-refractivity contribution in [2.24, 2.45) is 4.99 Å². The van der Waals surface area contributed by atoms with Crippen LogP contribution in [0.15, 0.2) is 29.3 Å². The van der Waals surface area contributed by atoms with Gasteiger partial charge in [-0.05, 0) is 36.2 Å². The van der Waals surface area contributed by atoms with E-state index in [-0.39, 0.29) is 11.2 Å². The van der Waals surface area contributed by atoms with Gasteiger partial charge in [0.15, 0.2) is 10.3 Å². The van der Waals surface area contributed by atoms with E-state index in [1.807, 2.05) is 12.1 Å². The largest absolute Gasteiger partial charge is 0.405 e. The van der Waals surface area contributed by atoms with E-state index in [1.165, 1.54) is 11.1 Å². The average Bonchev–Trinajstić information content (AvgIpc) is 3.10. The van der Waals surface area contributed by atoms with Crippen LogP contribution in [0, 0.1) is 0 Å². The van der Waals surface area contributed by atoms with E-state index >= 15 is 0 Å². The van der Waals surface area contributed by atoms with Crippen molar-refractivity contribution in [2.45, 2.75) is 25.1 Å². The summed E-state index contributed by atoms with van der Waals surface area (Å²) in [4.78, 5) is 6.41. The molecule has 1 heterocycles. The van der Waals surface area contributed by atoms with Gasteiger partial charge >= 0.3 is 6.18 Å². The first kappa shape index (κ1) is 16.6. The molecular formula is C15H16F3N3S2. The lowest BCUT2D eigenvalue weighted by atomic mass is 10.1. The van der Waals surface area contributed by atoms with Gasteiger partial charge in [-0.3, -0.25) is 9.89 Å². The van der Waals surface area contributed by atoms with Crippen LogP contribution < -0.4 is 5.32 Å². The fourth-order valence-electron chi connectivity index (χ4n) is 2.75. The highest BCUT2D eigenvalue weighted by Gasteiger charge is 2.31. The number of fused-ring (bicyclic) bond motifs is 1. The molecule has 0 bridgehead atoms. The van der Waals surface area contributed by atoms with Crippen LogP contribution in [0.4, 0.5) is 13.2 Å². The normalized spacial score (nSPS) is 20.1. The number of amidine groups is 1. The molecule has 0 aromatic heterocycles. The van der Waals surface area contributed by atoms with Crippen LogP contribution in [-0.2, 0) is 12.8 Å². The molecule has 1 N–H and O–H groups in total. The molecule has 8 heteroatoms. The van der Waals surface area contributed by atoms with Crippen molar-refractivity contribution in [3.63, 3.8) is 0 Å². The number of hydrogen-bond acceptors (Lipinski definition) is 3. The first-order chi connectivity index (χ1) is 10.9. The Bertz CT molecular complexity index is 606. The standard InChI is InChI=1S/C15H16F3N3S2/c16-15(17,18)9-19-13(22)21-5-6-23-14(21)20-12-7-10-3-1-2-4-11(10)8-12/h1-4,12H,5-9H2,(H,19,22). The van der Waals surface area contributed by atoms with E-state index in [0.717, 1.165) is 23.8 Å². The Labute approximate surface area is 142 Å². The minimum atomic E-state index is -4.28. The van der Waals surface area contributed by atoms with Crippen LogP contribution in [0.2, 0.25) is 0 Å². The van der Waals surface area contributed by atoms with Gasteiger partial charge in [-0.25, -0.2) is 0 Å². The fourth-order valence-corrected chi connectivity index (χ4v) is 4.08. The molecule has 0 amide bonds. The second-order valence-electron chi connectivity index (χ2n) is 5.52. The van der Waals surface area contributed by atoms with Crippen LogP contribution in [0.1, 0.15) is 11.1 Å². The lowest BCUT2D eigenvalue weighted by Crippen LogP contribution is -2.44. The molecule has 0 unspecified atom stereocenters. The Kier molecular flexibility index (Phi) is 4.82. The maximum absolute atomic E-state index is 12.3. The number of aliphatic imine (C=N–C) groups is 1. The van der Waals surface area contributed by atoms with E-state index in [4.69, 9.17) is 17.2 Å². The molecular weight excluding hydrogens is 343 g/mol. The summed E-state index contributed by atoms with van der Waals surface area (Å²) in [6.45, 7) is -0.526. The first-order valence-electron chi connectivity index (χ1n) is 7.32. The summed E-state index contributed by atoms with van der Waals surface area (Å²) in [6, 6.07) is 8.37. The summed E-state index contributed by atoms with van der Waals surface area (Å²) in [5.41, 5.74) is 2.60. The monoisotopic (exact) mass is 359 g/mol. The molecule has 0 saturated carbocycles. The zero-order valence-electron chi connectivity index (χ0n) is 12.3. The zero-order chi connectivity index (χ0) is 16.4. The summed E-state index contributed by atoms with van der Waals surface area (Å²) >= 11 is 6.63. The number of alkyl halides is 3. The van der Waals surface area contributed by atoms with E-state index < -0.39 is 12.7 Å². The second-order valence-corrected chi connectivity index (χ2v) is 6.97. The Morgan fingerprint density at radius 3 is 2.57 bits per heavy atom. The highest BCUT2D eigenvalue weighted by molar-refractivity contribution is 8.14. The van der Waals surface area contributed by atoms with Crippen molar-refractivity contribution < 1.29 is 13.2 Å². The number of halogens is 3. The molecule has 0 radical (unpaired) electrons. The molecule has 1 saturated heterocycles. The Morgan fingerprint density at radius 1 is 1.30 bits per heavy atom. The van der Waals surface area contributed by atoms with Gasteiger partial charge in [0.25, 0.3) is 0 Å². The molecule has 1 aliphatic carbocycles. The van der Waals surface area contributed by atoms with Crippen LogP contribution in [-0.4, -0.2) is 46.2 Å². The van der Waals surface area contributed by atoms with E-state index in [1.54, 1.807) is 16.7 Å². The third kappa shape index (κ3) is 4.17. The Hall–Kier alpha value is -1.28. The molecule has 0 spiro atoms. The second kappa shape index (κ2) is 6.68. The van der Waals surface area contributed by atoms with E-state index in [2.05, 4.69) is 17.4 Å². The van der Waals surface area contributed by atoms with Gasteiger partial charge in [0.2, 0.25) is 0 Å². The highest BCUT2D eigenvalue weighted by atomic mass is 32.2. The molecule has 1 aliphatic heterocycles. The number of thioether (sulfide) groups is 1. The molecule has 3 rings (SSSR count). The molecule has 2 aliphatic rings. The molecule has 3 nitrogen and oxygen atoms in total. The first-order valence-corrected chi connectivity index (χ1v) is 8.71. The van der Waals surface area contributed by atoms with Crippen molar-refractivity contribution in [1.82, 2.24) is 10.2 Å². The Balaban J connectivity index is 1.64. The van der Waals surface area contributed by atoms with Crippen LogP contribution in [0.5, 0.6) is 0 Å². The molecule has 1 fully saturated rings. The number of nitrogens with one attached hydrogen (secondary N) is 1. The van der Waals surface area contributed by atoms with Gasteiger partial charge < -0.3 is 5.32 Å². The number of benzene rings is 1. The number of hydrogen-bond donors (Lipinski definition) is 1.